The smallest absolute Gasteiger partial charge is 0.317 e. The van der Waals surface area contributed by atoms with E-state index < -0.39 is 18.2 Å². The average Bonchev–Trinajstić information content (AvgIpc) is 2.94. The van der Waals surface area contributed by atoms with Crippen LogP contribution in [0.1, 0.15) is 19.3 Å². The maximum absolute atomic E-state index is 11.8. The summed E-state index contributed by atoms with van der Waals surface area (Å²) in [7, 11) is 0. The van der Waals surface area contributed by atoms with Gasteiger partial charge in [0, 0.05) is 6.54 Å². The first kappa shape index (κ1) is 14.1. The lowest BCUT2D eigenvalue weighted by molar-refractivity contribution is -0.142. The van der Waals surface area contributed by atoms with Crippen molar-refractivity contribution in [1.82, 2.24) is 10.2 Å². The number of carboxylic acids is 1. The second-order valence-corrected chi connectivity index (χ2v) is 5.36. The number of amides is 2. The molecular weight excluding hydrogens is 252 g/mol. The van der Waals surface area contributed by atoms with Crippen LogP contribution in [0.3, 0.4) is 0 Å². The molecule has 4 N–H and O–H groups in total. The number of urea groups is 1. The molecule has 1 saturated carbocycles. The summed E-state index contributed by atoms with van der Waals surface area (Å²) < 4.78 is 0. The third-order valence-electron chi connectivity index (χ3n) is 4.04. The van der Waals surface area contributed by atoms with E-state index >= 15 is 0 Å². The number of aliphatic hydroxyl groups is 2. The van der Waals surface area contributed by atoms with Gasteiger partial charge >= 0.3 is 12.0 Å². The molecule has 0 aromatic carbocycles. The number of aliphatic hydroxyl groups excluding tert-OH is 2. The van der Waals surface area contributed by atoms with Gasteiger partial charge < -0.3 is 25.5 Å². The monoisotopic (exact) mass is 272 g/mol. The zero-order chi connectivity index (χ0) is 14.0. The van der Waals surface area contributed by atoms with Gasteiger partial charge in [0.15, 0.2) is 0 Å². The minimum atomic E-state index is -0.899. The number of hydrogen-bond acceptors (Lipinski definition) is 4. The fourth-order valence-corrected chi connectivity index (χ4v) is 2.87. The molecule has 0 spiro atoms. The highest BCUT2D eigenvalue weighted by molar-refractivity contribution is 5.75. The lowest BCUT2D eigenvalue weighted by atomic mass is 9.96. The highest BCUT2D eigenvalue weighted by atomic mass is 16.4. The maximum Gasteiger partial charge on any atom is 0.317 e. The lowest BCUT2D eigenvalue weighted by Gasteiger charge is -2.20. The van der Waals surface area contributed by atoms with Gasteiger partial charge in [0.25, 0.3) is 0 Å². The molecular formula is C12H20N2O5. The Morgan fingerprint density at radius 2 is 1.79 bits per heavy atom. The molecule has 2 amide bonds. The maximum atomic E-state index is 11.8. The molecule has 108 valence electrons. The van der Waals surface area contributed by atoms with Crippen molar-refractivity contribution in [3.63, 3.8) is 0 Å². The Kier molecular flexibility index (Phi) is 4.26. The summed E-state index contributed by atoms with van der Waals surface area (Å²) in [6.45, 7) is 0.554. The minimum absolute atomic E-state index is 0.0288. The van der Waals surface area contributed by atoms with Crippen molar-refractivity contribution in [1.29, 1.82) is 0 Å². The molecule has 7 nitrogen and oxygen atoms in total. The van der Waals surface area contributed by atoms with Crippen LogP contribution >= 0.6 is 0 Å². The number of likely N-dealkylation sites (tertiary alicyclic amines) is 1. The van der Waals surface area contributed by atoms with Crippen molar-refractivity contribution >= 4 is 12.0 Å². The van der Waals surface area contributed by atoms with Gasteiger partial charge in [0.05, 0.1) is 31.2 Å². The van der Waals surface area contributed by atoms with E-state index in [9.17, 15) is 19.8 Å². The van der Waals surface area contributed by atoms with E-state index in [1.165, 1.54) is 4.90 Å². The molecule has 4 unspecified atom stereocenters. The molecule has 1 aliphatic heterocycles. The average molecular weight is 272 g/mol. The Balaban J connectivity index is 1.79. The van der Waals surface area contributed by atoms with Gasteiger partial charge in [-0.15, -0.1) is 0 Å². The summed E-state index contributed by atoms with van der Waals surface area (Å²) in [4.78, 5) is 24.2. The van der Waals surface area contributed by atoms with Crippen molar-refractivity contribution < 1.29 is 24.9 Å². The van der Waals surface area contributed by atoms with Crippen molar-refractivity contribution in [3.05, 3.63) is 0 Å². The predicted octanol–water partition coefficient (Wildman–Crippen LogP) is -0.766. The largest absolute Gasteiger partial charge is 0.481 e. The zero-order valence-electron chi connectivity index (χ0n) is 10.7. The van der Waals surface area contributed by atoms with Crippen LogP contribution in [-0.2, 0) is 4.79 Å². The van der Waals surface area contributed by atoms with E-state index in [0.29, 0.717) is 13.0 Å². The number of hydrogen-bond donors (Lipinski definition) is 4. The van der Waals surface area contributed by atoms with Gasteiger partial charge in [-0.05, 0) is 18.8 Å². The number of β-amino-alcohol motifs (C(OH)–C–C–N with tert-alkyl or cyclic N) is 2. The van der Waals surface area contributed by atoms with Crippen LogP contribution < -0.4 is 5.32 Å². The molecule has 0 aromatic rings. The molecule has 1 saturated heterocycles. The molecule has 2 rings (SSSR count). The van der Waals surface area contributed by atoms with Crippen molar-refractivity contribution in [2.45, 2.75) is 31.5 Å². The number of carbonyl (C=O) groups excluding carboxylic acids is 1. The number of nitrogens with one attached hydrogen (secondary N) is 1. The van der Waals surface area contributed by atoms with Gasteiger partial charge in [-0.25, -0.2) is 4.79 Å². The molecule has 0 radical (unpaired) electrons. The summed E-state index contributed by atoms with van der Waals surface area (Å²) in [5.41, 5.74) is 0. The Morgan fingerprint density at radius 3 is 2.37 bits per heavy atom. The Hall–Kier alpha value is -1.34. The molecule has 19 heavy (non-hydrogen) atoms. The first-order valence-electron chi connectivity index (χ1n) is 6.60. The SMILES string of the molecule is O=C(O)C1CCCC1CNC(=O)N1CC(O)C(O)C1. The third kappa shape index (κ3) is 3.16. The molecule has 0 bridgehead atoms. The van der Waals surface area contributed by atoms with E-state index in [1.807, 2.05) is 0 Å². The second kappa shape index (κ2) is 5.75. The number of rotatable bonds is 3. The van der Waals surface area contributed by atoms with E-state index in [1.54, 1.807) is 0 Å². The van der Waals surface area contributed by atoms with Crippen LogP contribution in [0.2, 0.25) is 0 Å². The molecule has 2 fully saturated rings. The summed E-state index contributed by atoms with van der Waals surface area (Å²) in [6.07, 6.45) is 0.547. The molecule has 2 aliphatic rings. The predicted molar refractivity (Wildman–Crippen MR) is 65.5 cm³/mol. The topological polar surface area (TPSA) is 110 Å². The first-order chi connectivity index (χ1) is 8.99. The van der Waals surface area contributed by atoms with Crippen LogP contribution in [0.15, 0.2) is 0 Å². The van der Waals surface area contributed by atoms with Crippen LogP contribution in [0.5, 0.6) is 0 Å². The van der Waals surface area contributed by atoms with Crippen molar-refractivity contribution in [3.8, 4) is 0 Å². The van der Waals surface area contributed by atoms with Gasteiger partial charge in [0.1, 0.15) is 0 Å². The highest BCUT2D eigenvalue weighted by Crippen LogP contribution is 2.31. The summed E-state index contributed by atoms with van der Waals surface area (Å²) in [5.74, 6) is -1.21. The van der Waals surface area contributed by atoms with Gasteiger partial charge in [0.2, 0.25) is 0 Å². The molecule has 4 atom stereocenters. The van der Waals surface area contributed by atoms with E-state index in [0.717, 1.165) is 12.8 Å². The van der Waals surface area contributed by atoms with Crippen LogP contribution in [-0.4, -0.2) is 64.1 Å². The fraction of sp³-hybridized carbons (Fsp3) is 0.833. The molecule has 1 heterocycles. The van der Waals surface area contributed by atoms with Crippen LogP contribution in [0, 0.1) is 11.8 Å². The number of aliphatic carboxylic acids is 1. The Labute approximate surface area is 111 Å². The highest BCUT2D eigenvalue weighted by Gasteiger charge is 2.35. The summed E-state index contributed by atoms with van der Waals surface area (Å²) in [5, 5.41) is 30.5. The van der Waals surface area contributed by atoms with Gasteiger partial charge in [-0.1, -0.05) is 6.42 Å². The third-order valence-corrected chi connectivity index (χ3v) is 4.04. The molecule has 7 heteroatoms. The van der Waals surface area contributed by atoms with Crippen molar-refractivity contribution in [2.75, 3.05) is 19.6 Å². The van der Waals surface area contributed by atoms with E-state index in [4.69, 9.17) is 5.11 Å². The Bertz CT molecular complexity index is 352. The van der Waals surface area contributed by atoms with Crippen molar-refractivity contribution in [2.24, 2.45) is 11.8 Å². The lowest BCUT2D eigenvalue weighted by Crippen LogP contribution is -2.42. The number of carbonyl (C=O) groups is 2. The van der Waals surface area contributed by atoms with Gasteiger partial charge in [-0.3, -0.25) is 4.79 Å². The second-order valence-electron chi connectivity index (χ2n) is 5.36. The number of nitrogens with zero attached hydrogens (tertiary/aromatic N) is 1. The zero-order valence-corrected chi connectivity index (χ0v) is 10.7. The Morgan fingerprint density at radius 1 is 1.16 bits per heavy atom. The van der Waals surface area contributed by atoms with E-state index in [-0.39, 0.29) is 31.0 Å². The van der Waals surface area contributed by atoms with Crippen LogP contribution in [0.4, 0.5) is 4.79 Å². The summed E-state index contributed by atoms with van der Waals surface area (Å²) in [6, 6.07) is -0.355. The van der Waals surface area contributed by atoms with E-state index in [2.05, 4.69) is 5.32 Å². The first-order valence-corrected chi connectivity index (χ1v) is 6.60. The fourth-order valence-electron chi connectivity index (χ4n) is 2.87. The van der Waals surface area contributed by atoms with Crippen LogP contribution in [0.25, 0.3) is 0 Å². The summed E-state index contributed by atoms with van der Waals surface area (Å²) >= 11 is 0. The number of carboxylic acid groups (broad SMARTS) is 1. The quantitative estimate of drug-likeness (QED) is 0.539. The normalized spacial score (nSPS) is 34.5. The molecule has 1 aliphatic carbocycles. The van der Waals surface area contributed by atoms with Gasteiger partial charge in [-0.2, -0.15) is 0 Å². The standard InChI is InChI=1S/C12H20N2O5/c15-9-5-14(6-10(9)16)12(19)13-4-7-2-1-3-8(7)11(17)18/h7-10,15-16H,1-6H2,(H,13,19)(H,17,18). The molecule has 0 aromatic heterocycles. The minimum Gasteiger partial charge on any atom is -0.481 e.